The molecule has 9 heteroatoms. The van der Waals surface area contributed by atoms with Gasteiger partial charge in [-0.05, 0) is 42.0 Å². The lowest BCUT2D eigenvalue weighted by Gasteiger charge is -2.32. The molecule has 2 heterocycles. The Labute approximate surface area is 188 Å². The van der Waals surface area contributed by atoms with Gasteiger partial charge in [-0.2, -0.15) is 0 Å². The first-order chi connectivity index (χ1) is 14.5. The van der Waals surface area contributed by atoms with Crippen molar-refractivity contribution in [2.24, 2.45) is 0 Å². The van der Waals surface area contributed by atoms with Crippen LogP contribution in [0.5, 0.6) is 5.75 Å². The molecule has 0 unspecified atom stereocenters. The quantitative estimate of drug-likeness (QED) is 0.547. The zero-order valence-electron chi connectivity index (χ0n) is 15.5. The van der Waals surface area contributed by atoms with Crippen molar-refractivity contribution in [1.82, 2.24) is 4.98 Å². The van der Waals surface area contributed by atoms with Gasteiger partial charge in [-0.25, -0.2) is 4.98 Å². The van der Waals surface area contributed by atoms with Crippen molar-refractivity contribution in [3.05, 3.63) is 74.9 Å². The van der Waals surface area contributed by atoms with Gasteiger partial charge in [0.1, 0.15) is 6.61 Å². The summed E-state index contributed by atoms with van der Waals surface area (Å²) in [4.78, 5) is 19.2. The zero-order chi connectivity index (χ0) is 21.3. The predicted octanol–water partition coefficient (Wildman–Crippen LogP) is 5.32. The van der Waals surface area contributed by atoms with Gasteiger partial charge in [0.25, 0.3) is 5.91 Å². The van der Waals surface area contributed by atoms with Crippen molar-refractivity contribution in [2.45, 2.75) is 6.61 Å². The van der Waals surface area contributed by atoms with E-state index in [2.05, 4.69) is 10.3 Å². The second-order valence-electron chi connectivity index (χ2n) is 6.57. The largest absolute Gasteiger partial charge is 0.489 e. The fraction of sp³-hybridized carbons (Fsp3) is 0.143. The molecule has 1 aliphatic rings. The lowest BCUT2D eigenvalue weighted by molar-refractivity contribution is 0.102. The van der Waals surface area contributed by atoms with Crippen LogP contribution in [0.25, 0.3) is 0 Å². The molecule has 2 N–H and O–H groups in total. The molecule has 2 aromatic carbocycles. The van der Waals surface area contributed by atoms with Crippen LogP contribution in [0.1, 0.15) is 15.9 Å². The van der Waals surface area contributed by atoms with Gasteiger partial charge in [0.05, 0.1) is 29.4 Å². The molecule has 4 rings (SSSR count). The summed E-state index contributed by atoms with van der Waals surface area (Å²) in [6, 6.07) is 11.7. The summed E-state index contributed by atoms with van der Waals surface area (Å²) >= 11 is 18.4. The highest BCUT2D eigenvalue weighted by molar-refractivity contribution is 6.35. The minimum atomic E-state index is -0.360. The number of rotatable bonds is 4. The number of ether oxygens (including phenoxy) is 1. The number of hydrogen-bond acceptors (Lipinski definition) is 5. The number of fused-ring (bicyclic) bond motifs is 1. The fourth-order valence-electron chi connectivity index (χ4n) is 3.23. The standard InChI is InChI=1S/C21H16Cl3N3O3/c22-13-7-14(23)9-15(8-13)26-21(29)16-2-1-3-18-19(16)30-5-4-27(18)20-17(24)6-12(11-28)10-25-20/h1-3,6-10,28H,4-5,11H2,(H,26,29). The number of amides is 1. The van der Waals surface area contributed by atoms with Crippen molar-refractivity contribution in [1.29, 1.82) is 0 Å². The molecule has 0 fully saturated rings. The Kier molecular flexibility index (Phi) is 6.01. The van der Waals surface area contributed by atoms with E-state index in [0.717, 1.165) is 0 Å². The maximum absolute atomic E-state index is 12.9. The summed E-state index contributed by atoms with van der Waals surface area (Å²) in [6.45, 7) is 0.706. The number of aliphatic hydroxyl groups is 1. The third-order valence-electron chi connectivity index (χ3n) is 4.53. The van der Waals surface area contributed by atoms with E-state index in [1.54, 1.807) is 42.6 Å². The van der Waals surface area contributed by atoms with Gasteiger partial charge in [0.2, 0.25) is 0 Å². The first-order valence-electron chi connectivity index (χ1n) is 9.02. The fourth-order valence-corrected chi connectivity index (χ4v) is 4.04. The number of pyridine rings is 1. The third-order valence-corrected chi connectivity index (χ3v) is 5.24. The van der Waals surface area contributed by atoms with Gasteiger partial charge >= 0.3 is 0 Å². The van der Waals surface area contributed by atoms with E-state index < -0.39 is 0 Å². The van der Waals surface area contributed by atoms with Crippen LogP contribution >= 0.6 is 34.8 Å². The van der Waals surface area contributed by atoms with Gasteiger partial charge < -0.3 is 20.1 Å². The summed E-state index contributed by atoms with van der Waals surface area (Å²) in [5.41, 5.74) is 2.12. The van der Waals surface area contributed by atoms with Crippen molar-refractivity contribution in [3.8, 4) is 5.75 Å². The minimum Gasteiger partial charge on any atom is -0.489 e. The number of carbonyl (C=O) groups excluding carboxylic acids is 1. The second-order valence-corrected chi connectivity index (χ2v) is 7.85. The molecule has 154 valence electrons. The molecule has 1 aliphatic heterocycles. The molecular formula is C21H16Cl3N3O3. The van der Waals surface area contributed by atoms with Gasteiger partial charge in [-0.3, -0.25) is 4.79 Å². The first-order valence-corrected chi connectivity index (χ1v) is 10.2. The normalized spacial score (nSPS) is 12.9. The highest BCUT2D eigenvalue weighted by Crippen LogP contribution is 2.41. The molecule has 1 aromatic heterocycles. The number of para-hydroxylation sites is 1. The second kappa shape index (κ2) is 8.70. The number of carbonyl (C=O) groups is 1. The lowest BCUT2D eigenvalue weighted by atomic mass is 10.1. The first kappa shape index (κ1) is 20.8. The minimum absolute atomic E-state index is 0.148. The number of anilines is 3. The molecule has 0 saturated carbocycles. The van der Waals surface area contributed by atoms with E-state index in [9.17, 15) is 9.90 Å². The van der Waals surface area contributed by atoms with Crippen LogP contribution in [-0.2, 0) is 6.61 Å². The van der Waals surface area contributed by atoms with E-state index in [4.69, 9.17) is 39.5 Å². The summed E-state index contributed by atoms with van der Waals surface area (Å²) < 4.78 is 5.83. The lowest BCUT2D eigenvalue weighted by Crippen LogP contribution is -2.31. The Morgan fingerprint density at radius 2 is 1.93 bits per heavy atom. The molecule has 0 aliphatic carbocycles. The number of nitrogens with zero attached hydrogens (tertiary/aromatic N) is 2. The summed E-state index contributed by atoms with van der Waals surface area (Å²) in [6.07, 6.45) is 1.57. The van der Waals surface area contributed by atoms with Crippen LogP contribution in [0.15, 0.2) is 48.7 Å². The van der Waals surface area contributed by atoms with Crippen LogP contribution < -0.4 is 15.0 Å². The molecule has 0 radical (unpaired) electrons. The Balaban J connectivity index is 1.68. The van der Waals surface area contributed by atoms with Crippen molar-refractivity contribution >= 4 is 57.9 Å². The van der Waals surface area contributed by atoms with Gasteiger partial charge in [-0.15, -0.1) is 0 Å². The summed E-state index contributed by atoms with van der Waals surface area (Å²) in [5, 5.41) is 13.3. The van der Waals surface area contributed by atoms with Crippen molar-refractivity contribution in [3.63, 3.8) is 0 Å². The van der Waals surface area contributed by atoms with Gasteiger partial charge in [0.15, 0.2) is 11.6 Å². The van der Waals surface area contributed by atoms with Crippen molar-refractivity contribution < 1.29 is 14.6 Å². The molecular weight excluding hydrogens is 449 g/mol. The molecule has 3 aromatic rings. The van der Waals surface area contributed by atoms with Gasteiger partial charge in [-0.1, -0.05) is 40.9 Å². The number of benzene rings is 2. The van der Waals surface area contributed by atoms with E-state index in [0.29, 0.717) is 62.3 Å². The smallest absolute Gasteiger partial charge is 0.259 e. The third kappa shape index (κ3) is 4.18. The molecule has 6 nitrogen and oxygen atoms in total. The van der Waals surface area contributed by atoms with E-state index in [1.165, 1.54) is 0 Å². The Hall–Kier alpha value is -2.51. The van der Waals surface area contributed by atoms with Crippen LogP contribution in [0.2, 0.25) is 15.1 Å². The molecule has 0 bridgehead atoms. The predicted molar refractivity (Wildman–Crippen MR) is 119 cm³/mol. The van der Waals surface area contributed by atoms with E-state index in [-0.39, 0.29) is 12.5 Å². The van der Waals surface area contributed by atoms with Crippen LogP contribution in [-0.4, -0.2) is 29.1 Å². The monoisotopic (exact) mass is 463 g/mol. The average Bonchev–Trinajstić information content (AvgIpc) is 2.72. The van der Waals surface area contributed by atoms with E-state index in [1.807, 2.05) is 11.0 Å². The molecule has 1 amide bonds. The Morgan fingerprint density at radius 1 is 1.17 bits per heavy atom. The number of aromatic nitrogens is 1. The average molecular weight is 465 g/mol. The maximum atomic E-state index is 12.9. The van der Waals surface area contributed by atoms with E-state index >= 15 is 0 Å². The number of hydrogen-bond donors (Lipinski definition) is 2. The molecule has 0 spiro atoms. The zero-order valence-corrected chi connectivity index (χ0v) is 17.8. The SMILES string of the molecule is O=C(Nc1cc(Cl)cc(Cl)c1)c1cccc2c1OCCN2c1ncc(CO)cc1Cl. The maximum Gasteiger partial charge on any atom is 0.259 e. The van der Waals surface area contributed by atoms with Crippen LogP contribution in [0.4, 0.5) is 17.2 Å². The van der Waals surface area contributed by atoms with Crippen molar-refractivity contribution in [2.75, 3.05) is 23.4 Å². The highest BCUT2D eigenvalue weighted by Gasteiger charge is 2.27. The number of nitrogens with one attached hydrogen (secondary N) is 1. The number of aliphatic hydroxyl groups excluding tert-OH is 1. The highest BCUT2D eigenvalue weighted by atomic mass is 35.5. The topological polar surface area (TPSA) is 74.7 Å². The van der Waals surface area contributed by atoms with Crippen LogP contribution in [0, 0.1) is 0 Å². The summed E-state index contributed by atoms with van der Waals surface area (Å²) in [7, 11) is 0. The molecule has 30 heavy (non-hydrogen) atoms. The van der Waals surface area contributed by atoms with Crippen LogP contribution in [0.3, 0.4) is 0 Å². The Bertz CT molecular complexity index is 1100. The Morgan fingerprint density at radius 3 is 2.63 bits per heavy atom. The molecule has 0 saturated heterocycles. The molecule has 0 atom stereocenters. The van der Waals surface area contributed by atoms with Gasteiger partial charge in [0, 0.05) is 21.9 Å². The summed E-state index contributed by atoms with van der Waals surface area (Å²) in [5.74, 6) is 0.595. The number of halogens is 3.